The molecule has 0 unspecified atom stereocenters. The van der Waals surface area contributed by atoms with Gasteiger partial charge in [0, 0.05) is 36.3 Å². The van der Waals surface area contributed by atoms with Crippen molar-refractivity contribution >= 4 is 16.8 Å². The van der Waals surface area contributed by atoms with E-state index in [0.717, 1.165) is 38.9 Å². The number of aryl methyl sites for hydroxylation is 1. The highest BCUT2D eigenvalue weighted by molar-refractivity contribution is 6.09. The molecule has 0 bridgehead atoms. The van der Waals surface area contributed by atoms with Gasteiger partial charge in [-0.2, -0.15) is 5.10 Å². The van der Waals surface area contributed by atoms with Gasteiger partial charge in [0.15, 0.2) is 0 Å². The number of carbonyl (C=O) groups is 1. The smallest absolute Gasteiger partial charge is 0.254 e. The molecule has 0 aliphatic carbocycles. The third kappa shape index (κ3) is 3.46. The minimum absolute atomic E-state index is 0.0630. The predicted molar refractivity (Wildman–Crippen MR) is 110 cm³/mol. The van der Waals surface area contributed by atoms with Crippen LogP contribution in [0.3, 0.4) is 0 Å². The summed E-state index contributed by atoms with van der Waals surface area (Å²) in [5.41, 5.74) is 5.39. The van der Waals surface area contributed by atoms with E-state index in [-0.39, 0.29) is 11.9 Å². The molecule has 0 aliphatic rings. The molecule has 3 rings (SSSR count). The monoisotopic (exact) mass is 364 g/mol. The first-order valence-electron chi connectivity index (χ1n) is 9.62. The number of hydrogen-bond donors (Lipinski definition) is 0. The zero-order chi connectivity index (χ0) is 19.7. The van der Waals surface area contributed by atoms with E-state index in [1.54, 1.807) is 0 Å². The minimum atomic E-state index is 0.0630. The van der Waals surface area contributed by atoms with Gasteiger partial charge < -0.3 is 4.90 Å². The molecule has 0 saturated heterocycles. The highest BCUT2D eigenvalue weighted by Gasteiger charge is 2.22. The molecule has 2 heterocycles. The molecule has 0 radical (unpaired) electrons. The fourth-order valence-corrected chi connectivity index (χ4v) is 3.44. The normalized spacial score (nSPS) is 11.4. The van der Waals surface area contributed by atoms with E-state index in [1.165, 1.54) is 0 Å². The Morgan fingerprint density at radius 3 is 2.48 bits per heavy atom. The van der Waals surface area contributed by atoms with Gasteiger partial charge >= 0.3 is 0 Å². The molecular formula is C22H28N4O. The summed E-state index contributed by atoms with van der Waals surface area (Å²) in [6.07, 6.45) is 3.84. The number of amides is 1. The molecular weight excluding hydrogens is 336 g/mol. The molecule has 1 amide bonds. The Hall–Kier alpha value is -2.69. The van der Waals surface area contributed by atoms with E-state index < -0.39 is 0 Å². The van der Waals surface area contributed by atoms with E-state index in [9.17, 15) is 4.79 Å². The van der Waals surface area contributed by atoms with Crippen LogP contribution in [0.25, 0.3) is 22.2 Å². The molecule has 0 fully saturated rings. The number of hydrogen-bond acceptors (Lipinski definition) is 3. The van der Waals surface area contributed by atoms with Crippen LogP contribution in [-0.2, 0) is 0 Å². The van der Waals surface area contributed by atoms with Crippen molar-refractivity contribution in [3.8, 4) is 11.3 Å². The van der Waals surface area contributed by atoms with Crippen LogP contribution < -0.4 is 0 Å². The Kier molecular flexibility index (Phi) is 5.31. The quantitative estimate of drug-likeness (QED) is 0.655. The maximum absolute atomic E-state index is 13.3. The van der Waals surface area contributed by atoms with Crippen LogP contribution in [0.15, 0.2) is 30.6 Å². The van der Waals surface area contributed by atoms with E-state index >= 15 is 0 Å². The predicted octanol–water partition coefficient (Wildman–Crippen LogP) is 4.78. The number of rotatable bonds is 5. The highest BCUT2D eigenvalue weighted by atomic mass is 16.2. The summed E-state index contributed by atoms with van der Waals surface area (Å²) in [6, 6.07) is 6.38. The summed E-state index contributed by atoms with van der Waals surface area (Å²) in [5.74, 6) is 0.0630. The molecule has 0 aliphatic heterocycles. The van der Waals surface area contributed by atoms with E-state index in [0.29, 0.717) is 13.1 Å². The van der Waals surface area contributed by atoms with Gasteiger partial charge in [0.05, 0.1) is 23.0 Å². The van der Waals surface area contributed by atoms with Gasteiger partial charge in [-0.15, -0.1) is 0 Å². The second kappa shape index (κ2) is 7.51. The Morgan fingerprint density at radius 1 is 1.19 bits per heavy atom. The van der Waals surface area contributed by atoms with Gasteiger partial charge in [-0.05, 0) is 59.2 Å². The van der Waals surface area contributed by atoms with Crippen LogP contribution in [0, 0.1) is 13.8 Å². The van der Waals surface area contributed by atoms with Crippen LogP contribution in [0.4, 0.5) is 0 Å². The zero-order valence-corrected chi connectivity index (χ0v) is 17.1. The molecule has 27 heavy (non-hydrogen) atoms. The second-order valence-electron chi connectivity index (χ2n) is 7.26. The SMILES string of the molecule is CCN(CC)C(=O)c1c(C)c(-c2cnn(C(C)C)c2)nc2ccc(C)cc12. The standard InChI is InChI=1S/C22H28N4O/c1-7-25(8-2)22(27)20-16(6)21(17-12-23-26(13-17)14(3)4)24-19-10-9-15(5)11-18(19)20/h9-14H,7-8H2,1-6H3. The van der Waals surface area contributed by atoms with Crippen molar-refractivity contribution in [3.05, 3.63) is 47.3 Å². The summed E-state index contributed by atoms with van der Waals surface area (Å²) in [4.78, 5) is 20.1. The first-order chi connectivity index (χ1) is 12.9. The first-order valence-corrected chi connectivity index (χ1v) is 9.62. The van der Waals surface area contributed by atoms with Crippen molar-refractivity contribution in [1.29, 1.82) is 0 Å². The van der Waals surface area contributed by atoms with Crippen molar-refractivity contribution in [2.45, 2.75) is 47.6 Å². The van der Waals surface area contributed by atoms with Gasteiger partial charge in [-0.25, -0.2) is 4.98 Å². The van der Waals surface area contributed by atoms with Crippen LogP contribution in [0.5, 0.6) is 0 Å². The molecule has 0 atom stereocenters. The summed E-state index contributed by atoms with van der Waals surface area (Å²) in [5, 5.41) is 5.37. The molecule has 142 valence electrons. The Bertz CT molecular complexity index is 983. The lowest BCUT2D eigenvalue weighted by molar-refractivity contribution is 0.0774. The van der Waals surface area contributed by atoms with Crippen LogP contribution >= 0.6 is 0 Å². The second-order valence-corrected chi connectivity index (χ2v) is 7.26. The van der Waals surface area contributed by atoms with Gasteiger partial charge in [-0.3, -0.25) is 9.48 Å². The zero-order valence-electron chi connectivity index (χ0n) is 17.1. The third-order valence-electron chi connectivity index (χ3n) is 5.05. The number of pyridine rings is 1. The van der Waals surface area contributed by atoms with E-state index in [1.807, 2.05) is 61.8 Å². The average molecular weight is 364 g/mol. The summed E-state index contributed by atoms with van der Waals surface area (Å²) < 4.78 is 1.92. The average Bonchev–Trinajstić information content (AvgIpc) is 3.12. The number of carbonyl (C=O) groups excluding carboxylic acids is 1. The van der Waals surface area contributed by atoms with Gasteiger partial charge in [0.1, 0.15) is 0 Å². The van der Waals surface area contributed by atoms with Gasteiger partial charge in [0.25, 0.3) is 5.91 Å². The first kappa shape index (κ1) is 19.1. The van der Waals surface area contributed by atoms with E-state index in [4.69, 9.17) is 4.98 Å². The number of fused-ring (bicyclic) bond motifs is 1. The van der Waals surface area contributed by atoms with Crippen LogP contribution in [0.2, 0.25) is 0 Å². The molecule has 2 aromatic heterocycles. The fourth-order valence-electron chi connectivity index (χ4n) is 3.44. The Balaban J connectivity index is 2.29. The molecule has 1 aromatic carbocycles. The van der Waals surface area contributed by atoms with Gasteiger partial charge in [-0.1, -0.05) is 11.6 Å². The van der Waals surface area contributed by atoms with Gasteiger partial charge in [0.2, 0.25) is 0 Å². The third-order valence-corrected chi connectivity index (χ3v) is 5.05. The van der Waals surface area contributed by atoms with Crippen molar-refractivity contribution < 1.29 is 4.79 Å². The van der Waals surface area contributed by atoms with E-state index in [2.05, 4.69) is 25.0 Å². The summed E-state index contributed by atoms with van der Waals surface area (Å²) >= 11 is 0. The topological polar surface area (TPSA) is 51.0 Å². The molecule has 5 heteroatoms. The number of benzene rings is 1. The van der Waals surface area contributed by atoms with Crippen LogP contribution in [0.1, 0.15) is 55.2 Å². The lowest BCUT2D eigenvalue weighted by Gasteiger charge is -2.22. The fraction of sp³-hybridized carbons (Fsp3) is 0.409. The van der Waals surface area contributed by atoms with Crippen molar-refractivity contribution in [2.75, 3.05) is 13.1 Å². The maximum atomic E-state index is 13.3. The molecule has 0 N–H and O–H groups in total. The van der Waals surface area contributed by atoms with Crippen molar-refractivity contribution in [3.63, 3.8) is 0 Å². The highest BCUT2D eigenvalue weighted by Crippen LogP contribution is 2.31. The van der Waals surface area contributed by atoms with Crippen molar-refractivity contribution in [2.24, 2.45) is 0 Å². The van der Waals surface area contributed by atoms with Crippen molar-refractivity contribution in [1.82, 2.24) is 19.7 Å². The lowest BCUT2D eigenvalue weighted by atomic mass is 9.97. The lowest BCUT2D eigenvalue weighted by Crippen LogP contribution is -2.31. The number of nitrogens with zero attached hydrogens (tertiary/aromatic N) is 4. The largest absolute Gasteiger partial charge is 0.339 e. The molecule has 0 spiro atoms. The number of aromatic nitrogens is 3. The molecule has 0 saturated carbocycles. The summed E-state index contributed by atoms with van der Waals surface area (Å²) in [7, 11) is 0. The Labute approximate surface area is 161 Å². The maximum Gasteiger partial charge on any atom is 0.254 e. The molecule has 5 nitrogen and oxygen atoms in total. The summed E-state index contributed by atoms with van der Waals surface area (Å²) in [6.45, 7) is 13.6. The minimum Gasteiger partial charge on any atom is -0.339 e. The molecule has 3 aromatic rings. The Morgan fingerprint density at radius 2 is 1.89 bits per heavy atom. The van der Waals surface area contributed by atoms with Crippen LogP contribution in [-0.4, -0.2) is 38.7 Å².